The summed E-state index contributed by atoms with van der Waals surface area (Å²) in [5.41, 5.74) is 1.83. The second-order valence-electron chi connectivity index (χ2n) is 4.45. The Balaban J connectivity index is 2.58. The highest BCUT2D eigenvalue weighted by Crippen LogP contribution is 2.25. The summed E-state index contributed by atoms with van der Waals surface area (Å²) in [6.45, 7) is 0. The molecule has 0 spiro atoms. The minimum atomic E-state index is 0.627. The van der Waals surface area contributed by atoms with E-state index in [0.717, 1.165) is 21.2 Å². The summed E-state index contributed by atoms with van der Waals surface area (Å²) in [4.78, 5) is 0. The van der Waals surface area contributed by atoms with Gasteiger partial charge in [-0.2, -0.15) is 0 Å². The van der Waals surface area contributed by atoms with Crippen LogP contribution >= 0.6 is 36.0 Å². The lowest BCUT2D eigenvalue weighted by Gasteiger charge is -2.15. The lowest BCUT2D eigenvalue weighted by molar-refractivity contribution is 0.804. The maximum atomic E-state index is 6.32. The number of hydrogen-bond acceptors (Lipinski definition) is 2. The Hall–Kier alpha value is -1.49. The molecule has 0 unspecified atom stereocenters. The van der Waals surface area contributed by atoms with E-state index < -0.39 is 0 Å². The molecule has 5 heteroatoms. The van der Waals surface area contributed by atoms with Gasteiger partial charge in [0, 0.05) is 12.4 Å². The molecular weight excluding hydrogens is 308 g/mol. The SMILES string of the molecule is Cn1c(=S)c2ccccc2n(-c2ccccc2Cl)c1=S. The number of fused-ring (bicyclic) bond motifs is 1. The molecule has 1 heterocycles. The fraction of sp³-hybridized carbons (Fsp3) is 0.0667. The van der Waals surface area contributed by atoms with Crippen molar-refractivity contribution >= 4 is 46.9 Å². The molecular formula is C15H11ClN2S2. The van der Waals surface area contributed by atoms with Crippen LogP contribution in [0.1, 0.15) is 0 Å². The first kappa shape index (κ1) is 13.5. The van der Waals surface area contributed by atoms with Crippen molar-refractivity contribution in [2.24, 2.45) is 7.05 Å². The van der Waals surface area contributed by atoms with E-state index in [1.165, 1.54) is 0 Å². The van der Waals surface area contributed by atoms with Crippen molar-refractivity contribution in [1.29, 1.82) is 0 Å². The minimum Gasteiger partial charge on any atom is -0.312 e. The van der Waals surface area contributed by atoms with Gasteiger partial charge in [-0.15, -0.1) is 0 Å². The molecule has 0 aliphatic heterocycles. The second-order valence-corrected chi connectivity index (χ2v) is 5.61. The lowest BCUT2D eigenvalue weighted by atomic mass is 10.2. The molecule has 2 nitrogen and oxygen atoms in total. The number of aromatic nitrogens is 2. The van der Waals surface area contributed by atoms with Crippen LogP contribution in [0, 0.1) is 9.41 Å². The number of benzene rings is 2. The molecule has 20 heavy (non-hydrogen) atoms. The molecule has 0 aliphatic rings. The molecule has 0 saturated heterocycles. The van der Waals surface area contributed by atoms with Gasteiger partial charge in [0.15, 0.2) is 4.77 Å². The normalized spacial score (nSPS) is 10.9. The standard InChI is InChI=1S/C15H11ClN2S2/c1-17-14(19)10-6-2-4-8-12(10)18(15(17)20)13-9-5-3-7-11(13)16/h2-9H,1H3. The van der Waals surface area contributed by atoms with Crippen molar-refractivity contribution < 1.29 is 0 Å². The predicted octanol–water partition coefficient (Wildman–Crippen LogP) is 5.08. The highest BCUT2D eigenvalue weighted by Gasteiger charge is 2.09. The van der Waals surface area contributed by atoms with Gasteiger partial charge >= 0.3 is 0 Å². The topological polar surface area (TPSA) is 9.86 Å². The molecule has 0 N–H and O–H groups in total. The van der Waals surface area contributed by atoms with Crippen LogP contribution in [0.2, 0.25) is 5.02 Å². The molecule has 0 saturated carbocycles. The summed E-state index contributed by atoms with van der Waals surface area (Å²) >= 11 is 17.3. The van der Waals surface area contributed by atoms with Crippen LogP contribution in [0.3, 0.4) is 0 Å². The van der Waals surface area contributed by atoms with Gasteiger partial charge in [0.05, 0.1) is 16.2 Å². The summed E-state index contributed by atoms with van der Waals surface area (Å²) < 4.78 is 5.15. The van der Waals surface area contributed by atoms with E-state index in [2.05, 4.69) is 0 Å². The van der Waals surface area contributed by atoms with Crippen LogP contribution in [-0.4, -0.2) is 9.13 Å². The molecule has 0 fully saturated rings. The first-order chi connectivity index (χ1) is 9.61. The van der Waals surface area contributed by atoms with Gasteiger partial charge in [-0.05, 0) is 36.5 Å². The highest BCUT2D eigenvalue weighted by atomic mass is 35.5. The van der Waals surface area contributed by atoms with Gasteiger partial charge in [0.2, 0.25) is 0 Å². The van der Waals surface area contributed by atoms with E-state index >= 15 is 0 Å². The second kappa shape index (κ2) is 5.13. The zero-order chi connectivity index (χ0) is 14.3. The van der Waals surface area contributed by atoms with Gasteiger partial charge in [-0.1, -0.05) is 48.1 Å². The van der Waals surface area contributed by atoms with Crippen LogP contribution in [0.4, 0.5) is 0 Å². The highest BCUT2D eigenvalue weighted by molar-refractivity contribution is 7.72. The summed E-state index contributed by atoms with van der Waals surface area (Å²) in [6.07, 6.45) is 0. The Morgan fingerprint density at radius 3 is 2.35 bits per heavy atom. The molecule has 0 amide bonds. The van der Waals surface area contributed by atoms with Crippen molar-refractivity contribution in [3.8, 4) is 5.69 Å². The fourth-order valence-corrected chi connectivity index (χ4v) is 3.06. The molecule has 0 radical (unpaired) electrons. The third kappa shape index (κ3) is 2.00. The summed E-state index contributed by atoms with van der Waals surface area (Å²) in [5.74, 6) is 0. The third-order valence-corrected chi connectivity index (χ3v) is 4.52. The Morgan fingerprint density at radius 1 is 0.950 bits per heavy atom. The molecule has 100 valence electrons. The number of para-hydroxylation sites is 2. The average molecular weight is 319 g/mol. The Labute approximate surface area is 131 Å². The third-order valence-electron chi connectivity index (χ3n) is 3.25. The Morgan fingerprint density at radius 2 is 1.60 bits per heavy atom. The largest absolute Gasteiger partial charge is 0.312 e. The monoisotopic (exact) mass is 318 g/mol. The number of rotatable bonds is 1. The van der Waals surface area contributed by atoms with Crippen molar-refractivity contribution in [3.05, 3.63) is 63.0 Å². The van der Waals surface area contributed by atoms with Gasteiger partial charge in [0.25, 0.3) is 0 Å². The van der Waals surface area contributed by atoms with E-state index in [4.69, 9.17) is 36.0 Å². The number of hydrogen-bond donors (Lipinski definition) is 0. The Bertz CT molecular complexity index is 925. The quantitative estimate of drug-likeness (QED) is 0.579. The van der Waals surface area contributed by atoms with Crippen LogP contribution < -0.4 is 0 Å². The minimum absolute atomic E-state index is 0.627. The first-order valence-electron chi connectivity index (χ1n) is 6.07. The molecule has 0 bridgehead atoms. The van der Waals surface area contributed by atoms with Crippen LogP contribution in [0.25, 0.3) is 16.6 Å². The van der Waals surface area contributed by atoms with Crippen molar-refractivity contribution in [3.63, 3.8) is 0 Å². The molecule has 1 aromatic heterocycles. The maximum absolute atomic E-state index is 6.32. The van der Waals surface area contributed by atoms with Crippen molar-refractivity contribution in [1.82, 2.24) is 9.13 Å². The number of nitrogens with zero attached hydrogens (tertiary/aromatic N) is 2. The fourth-order valence-electron chi connectivity index (χ4n) is 2.24. The van der Waals surface area contributed by atoms with E-state index in [1.807, 2.05) is 64.7 Å². The van der Waals surface area contributed by atoms with Crippen molar-refractivity contribution in [2.75, 3.05) is 0 Å². The van der Waals surface area contributed by atoms with E-state index in [-0.39, 0.29) is 0 Å². The van der Waals surface area contributed by atoms with Crippen LogP contribution in [0.15, 0.2) is 48.5 Å². The molecule has 0 aliphatic carbocycles. The van der Waals surface area contributed by atoms with Gasteiger partial charge in [-0.3, -0.25) is 4.57 Å². The smallest absolute Gasteiger partial charge is 0.185 e. The average Bonchev–Trinajstić information content (AvgIpc) is 2.47. The number of halogens is 1. The zero-order valence-electron chi connectivity index (χ0n) is 10.7. The maximum Gasteiger partial charge on any atom is 0.185 e. The molecule has 3 aromatic rings. The van der Waals surface area contributed by atoms with Gasteiger partial charge in [0.1, 0.15) is 4.64 Å². The zero-order valence-corrected chi connectivity index (χ0v) is 13.1. The summed E-state index contributed by atoms with van der Waals surface area (Å²) in [6, 6.07) is 15.6. The van der Waals surface area contributed by atoms with Gasteiger partial charge < -0.3 is 4.57 Å². The van der Waals surface area contributed by atoms with Crippen LogP contribution in [0.5, 0.6) is 0 Å². The molecule has 3 rings (SSSR count). The first-order valence-corrected chi connectivity index (χ1v) is 7.26. The summed E-state index contributed by atoms with van der Waals surface area (Å²) in [5, 5.41) is 1.64. The van der Waals surface area contributed by atoms with Gasteiger partial charge in [-0.25, -0.2) is 0 Å². The van der Waals surface area contributed by atoms with E-state index in [0.29, 0.717) is 9.79 Å². The van der Waals surface area contributed by atoms with E-state index in [9.17, 15) is 0 Å². The lowest BCUT2D eigenvalue weighted by Crippen LogP contribution is -2.08. The predicted molar refractivity (Wildman–Crippen MR) is 88.9 cm³/mol. The molecule has 2 aromatic carbocycles. The summed E-state index contributed by atoms with van der Waals surface area (Å²) in [7, 11) is 1.88. The Kier molecular flexibility index (Phi) is 3.46. The van der Waals surface area contributed by atoms with Crippen LogP contribution in [-0.2, 0) is 7.05 Å². The van der Waals surface area contributed by atoms with Crippen molar-refractivity contribution in [2.45, 2.75) is 0 Å². The van der Waals surface area contributed by atoms with E-state index in [1.54, 1.807) is 0 Å². The molecule has 0 atom stereocenters.